The molecule has 2 aromatic rings. The molecule has 0 aliphatic carbocycles. The molecule has 0 atom stereocenters. The van der Waals surface area contributed by atoms with Gasteiger partial charge in [-0.3, -0.25) is 15.1 Å². The van der Waals surface area contributed by atoms with E-state index in [0.717, 1.165) is 16.9 Å². The summed E-state index contributed by atoms with van der Waals surface area (Å²) >= 11 is 0. The maximum Gasteiger partial charge on any atom is 0.274 e. The van der Waals surface area contributed by atoms with Crippen LogP contribution in [0, 0.1) is 17.0 Å². The number of para-hydroxylation sites is 1. The van der Waals surface area contributed by atoms with Crippen molar-refractivity contribution in [2.75, 3.05) is 26.9 Å². The molecule has 2 aromatic carbocycles. The second-order valence-electron chi connectivity index (χ2n) is 6.32. The molecule has 2 N–H and O–H groups in total. The van der Waals surface area contributed by atoms with Crippen molar-refractivity contribution in [3.8, 4) is 5.75 Å². The second-order valence-corrected chi connectivity index (χ2v) is 6.32. The van der Waals surface area contributed by atoms with Crippen LogP contribution in [0.2, 0.25) is 0 Å². The summed E-state index contributed by atoms with van der Waals surface area (Å²) in [5, 5.41) is 17.5. The Morgan fingerprint density at radius 1 is 1.10 bits per heavy atom. The number of nitro groups is 1. The van der Waals surface area contributed by atoms with Crippen LogP contribution >= 0.6 is 24.0 Å². The lowest BCUT2D eigenvalue weighted by Crippen LogP contribution is -2.36. The Hall–Kier alpha value is -2.40. The summed E-state index contributed by atoms with van der Waals surface area (Å²) in [6.45, 7) is 6.44. The average molecular weight is 528 g/mol. The van der Waals surface area contributed by atoms with E-state index in [1.54, 1.807) is 25.2 Å². The van der Waals surface area contributed by atoms with E-state index in [4.69, 9.17) is 9.47 Å². The van der Waals surface area contributed by atoms with Crippen LogP contribution in [-0.2, 0) is 17.8 Å². The average Bonchev–Trinajstić information content (AvgIpc) is 2.72. The minimum atomic E-state index is -0.384. The third kappa shape index (κ3) is 8.15. The van der Waals surface area contributed by atoms with Crippen molar-refractivity contribution in [1.82, 2.24) is 10.6 Å². The third-order valence-electron chi connectivity index (χ3n) is 4.22. The summed E-state index contributed by atoms with van der Waals surface area (Å²) in [6.07, 6.45) is 0. The van der Waals surface area contributed by atoms with Gasteiger partial charge in [0.05, 0.1) is 11.5 Å². The molecular weight excluding hydrogens is 499 g/mol. The molecule has 0 heterocycles. The number of aliphatic imine (C=N–C) groups is 1. The second kappa shape index (κ2) is 13.8. The van der Waals surface area contributed by atoms with Crippen molar-refractivity contribution in [3.05, 3.63) is 69.3 Å². The van der Waals surface area contributed by atoms with Crippen LogP contribution < -0.4 is 15.4 Å². The molecule has 0 amide bonds. The number of halogens is 1. The summed E-state index contributed by atoms with van der Waals surface area (Å²) in [6, 6.07) is 12.7. The summed E-state index contributed by atoms with van der Waals surface area (Å²) in [7, 11) is 1.66. The van der Waals surface area contributed by atoms with E-state index < -0.39 is 0 Å². The number of benzene rings is 2. The van der Waals surface area contributed by atoms with E-state index in [9.17, 15) is 10.1 Å². The molecule has 2 rings (SSSR count). The van der Waals surface area contributed by atoms with Gasteiger partial charge < -0.3 is 20.1 Å². The van der Waals surface area contributed by atoms with Crippen molar-refractivity contribution < 1.29 is 14.4 Å². The fourth-order valence-electron chi connectivity index (χ4n) is 2.71. The molecule has 0 saturated heterocycles. The molecule has 9 heteroatoms. The molecule has 0 aliphatic heterocycles. The maximum absolute atomic E-state index is 11.1. The van der Waals surface area contributed by atoms with Gasteiger partial charge in [0.25, 0.3) is 5.69 Å². The largest absolute Gasteiger partial charge is 0.491 e. The van der Waals surface area contributed by atoms with E-state index in [0.29, 0.717) is 44.4 Å². The van der Waals surface area contributed by atoms with Crippen molar-refractivity contribution >= 4 is 35.6 Å². The molecule has 0 bridgehead atoms. The third-order valence-corrected chi connectivity index (χ3v) is 4.22. The van der Waals surface area contributed by atoms with E-state index in [-0.39, 0.29) is 34.6 Å². The van der Waals surface area contributed by atoms with Crippen LogP contribution in [0.3, 0.4) is 0 Å². The first kappa shape index (κ1) is 25.6. The number of aryl methyl sites for hydroxylation is 1. The number of hydrogen-bond acceptors (Lipinski definition) is 5. The van der Waals surface area contributed by atoms with Gasteiger partial charge in [-0.25, -0.2) is 0 Å². The standard InChI is InChI=1S/C21H28N4O4.HI/c1-4-28-11-12-29-20-13-16(2)9-10-18(20)15-24-21(22-3)23-14-17-7-5-6-8-19(17)25(26)27;/h5-10,13H,4,11-12,14-15H2,1-3H3,(H2,22,23,24);1H. The SMILES string of the molecule is CCOCCOc1cc(C)ccc1CNC(=NC)NCc1ccccc1[N+](=O)[O-].I. The van der Waals surface area contributed by atoms with Gasteiger partial charge >= 0.3 is 0 Å². The Labute approximate surface area is 194 Å². The summed E-state index contributed by atoms with van der Waals surface area (Å²) in [5.74, 6) is 1.34. The zero-order valence-electron chi connectivity index (χ0n) is 17.5. The van der Waals surface area contributed by atoms with Gasteiger partial charge in [0, 0.05) is 43.9 Å². The van der Waals surface area contributed by atoms with E-state index >= 15 is 0 Å². The number of hydrogen-bond donors (Lipinski definition) is 2. The topological polar surface area (TPSA) is 98.0 Å². The van der Waals surface area contributed by atoms with Crippen LogP contribution in [0.25, 0.3) is 0 Å². The van der Waals surface area contributed by atoms with Gasteiger partial charge in [0.15, 0.2) is 5.96 Å². The lowest BCUT2D eigenvalue weighted by Gasteiger charge is -2.15. The Balaban J connectivity index is 0.00000450. The van der Waals surface area contributed by atoms with Crippen LogP contribution in [0.15, 0.2) is 47.5 Å². The summed E-state index contributed by atoms with van der Waals surface area (Å²) in [4.78, 5) is 15.0. The fourth-order valence-corrected chi connectivity index (χ4v) is 2.71. The van der Waals surface area contributed by atoms with Gasteiger partial charge in [-0.05, 0) is 25.5 Å². The molecule has 0 saturated carbocycles. The normalized spacial score (nSPS) is 10.8. The summed E-state index contributed by atoms with van der Waals surface area (Å²) < 4.78 is 11.2. The highest BCUT2D eigenvalue weighted by Gasteiger charge is 2.12. The zero-order chi connectivity index (χ0) is 21.1. The first-order chi connectivity index (χ1) is 14.0. The van der Waals surface area contributed by atoms with Gasteiger partial charge in [-0.15, -0.1) is 24.0 Å². The maximum atomic E-state index is 11.1. The number of nitro benzene ring substituents is 1. The molecule has 8 nitrogen and oxygen atoms in total. The van der Waals surface area contributed by atoms with Crippen molar-refractivity contribution in [3.63, 3.8) is 0 Å². The molecule has 0 aliphatic rings. The first-order valence-corrected chi connectivity index (χ1v) is 9.52. The lowest BCUT2D eigenvalue weighted by molar-refractivity contribution is -0.385. The molecule has 30 heavy (non-hydrogen) atoms. The molecule has 164 valence electrons. The highest BCUT2D eigenvalue weighted by atomic mass is 127. The minimum absolute atomic E-state index is 0. The Bertz CT molecular complexity index is 846. The lowest BCUT2D eigenvalue weighted by atomic mass is 10.1. The molecular formula is C21H29IN4O4. The van der Waals surface area contributed by atoms with Crippen LogP contribution in [0.1, 0.15) is 23.6 Å². The van der Waals surface area contributed by atoms with Crippen LogP contribution in [-0.4, -0.2) is 37.8 Å². The van der Waals surface area contributed by atoms with Gasteiger partial charge in [0.2, 0.25) is 0 Å². The van der Waals surface area contributed by atoms with Crippen molar-refractivity contribution in [2.24, 2.45) is 4.99 Å². The molecule has 0 radical (unpaired) electrons. The highest BCUT2D eigenvalue weighted by molar-refractivity contribution is 14.0. The predicted octanol–water partition coefficient (Wildman–Crippen LogP) is 3.80. The van der Waals surface area contributed by atoms with E-state index in [1.807, 2.05) is 32.0 Å². The molecule has 0 aromatic heterocycles. The molecule has 0 unspecified atom stereocenters. The van der Waals surface area contributed by atoms with Crippen LogP contribution in [0.4, 0.5) is 5.69 Å². The fraction of sp³-hybridized carbons (Fsp3) is 0.381. The number of ether oxygens (including phenoxy) is 2. The molecule has 0 fully saturated rings. The summed E-state index contributed by atoms with van der Waals surface area (Å²) in [5.41, 5.74) is 2.77. The zero-order valence-corrected chi connectivity index (χ0v) is 19.8. The van der Waals surface area contributed by atoms with E-state index in [1.165, 1.54) is 6.07 Å². The van der Waals surface area contributed by atoms with Crippen molar-refractivity contribution in [2.45, 2.75) is 26.9 Å². The number of guanidine groups is 1. The van der Waals surface area contributed by atoms with Gasteiger partial charge in [-0.2, -0.15) is 0 Å². The van der Waals surface area contributed by atoms with Crippen molar-refractivity contribution in [1.29, 1.82) is 0 Å². The van der Waals surface area contributed by atoms with Gasteiger partial charge in [-0.1, -0.05) is 30.3 Å². The van der Waals surface area contributed by atoms with E-state index in [2.05, 4.69) is 15.6 Å². The monoisotopic (exact) mass is 528 g/mol. The molecule has 0 spiro atoms. The minimum Gasteiger partial charge on any atom is -0.491 e. The number of nitrogens with one attached hydrogen (secondary N) is 2. The predicted molar refractivity (Wildman–Crippen MR) is 129 cm³/mol. The van der Waals surface area contributed by atoms with Gasteiger partial charge in [0.1, 0.15) is 12.4 Å². The number of nitrogens with zero attached hydrogens (tertiary/aromatic N) is 2. The smallest absolute Gasteiger partial charge is 0.274 e. The van der Waals surface area contributed by atoms with Crippen LogP contribution in [0.5, 0.6) is 5.75 Å². The Morgan fingerprint density at radius 3 is 2.47 bits per heavy atom. The Kier molecular flexibility index (Phi) is 11.8. The Morgan fingerprint density at radius 2 is 1.80 bits per heavy atom. The quantitative estimate of drug-likeness (QED) is 0.122. The highest BCUT2D eigenvalue weighted by Crippen LogP contribution is 2.20. The first-order valence-electron chi connectivity index (χ1n) is 9.52. The number of rotatable bonds is 10.